The summed E-state index contributed by atoms with van der Waals surface area (Å²) in [7, 11) is 0. The Balaban J connectivity index is 2.02. The van der Waals surface area contributed by atoms with Crippen LogP contribution in [-0.4, -0.2) is 36.6 Å². The molecular formula is C14H18F2N2O2S. The van der Waals surface area contributed by atoms with Gasteiger partial charge in [0, 0.05) is 30.5 Å². The molecule has 0 radical (unpaired) electrons. The van der Waals surface area contributed by atoms with Gasteiger partial charge in [-0.05, 0) is 18.6 Å². The van der Waals surface area contributed by atoms with Crippen LogP contribution in [-0.2, 0) is 4.79 Å². The highest BCUT2D eigenvalue weighted by Crippen LogP contribution is 2.29. The van der Waals surface area contributed by atoms with Crippen LogP contribution in [0.4, 0.5) is 14.5 Å². The predicted molar refractivity (Wildman–Crippen MR) is 80.2 cm³/mol. The predicted octanol–water partition coefficient (Wildman–Crippen LogP) is 2.63. The number of aryl methyl sites for hydroxylation is 1. The van der Waals surface area contributed by atoms with Gasteiger partial charge in [-0.2, -0.15) is 20.5 Å². The monoisotopic (exact) mass is 316 g/mol. The van der Waals surface area contributed by atoms with Gasteiger partial charge in [-0.3, -0.25) is 4.79 Å². The maximum Gasteiger partial charge on any atom is 0.387 e. The van der Waals surface area contributed by atoms with Crippen LogP contribution in [0.15, 0.2) is 18.2 Å². The summed E-state index contributed by atoms with van der Waals surface area (Å²) in [6, 6.07) is 4.89. The molecule has 21 heavy (non-hydrogen) atoms. The van der Waals surface area contributed by atoms with E-state index in [1.165, 1.54) is 6.07 Å². The van der Waals surface area contributed by atoms with Crippen molar-refractivity contribution < 1.29 is 18.3 Å². The van der Waals surface area contributed by atoms with E-state index in [-0.39, 0.29) is 17.7 Å². The summed E-state index contributed by atoms with van der Waals surface area (Å²) in [6.45, 7) is -0.297. The molecule has 0 bridgehead atoms. The molecule has 1 aliphatic heterocycles. The lowest BCUT2D eigenvalue weighted by atomic mass is 10.1. The minimum atomic E-state index is -2.92. The fourth-order valence-electron chi connectivity index (χ4n) is 2.16. The van der Waals surface area contributed by atoms with Gasteiger partial charge in [0.1, 0.15) is 5.75 Å². The molecular weight excluding hydrogens is 298 g/mol. The van der Waals surface area contributed by atoms with Crippen LogP contribution in [0.25, 0.3) is 0 Å². The van der Waals surface area contributed by atoms with Gasteiger partial charge < -0.3 is 15.4 Å². The number of carbonyl (C=O) groups is 1. The Kier molecular flexibility index (Phi) is 5.81. The Labute approximate surface area is 126 Å². The van der Waals surface area contributed by atoms with Crippen molar-refractivity contribution in [2.45, 2.75) is 26.0 Å². The number of anilines is 1. The first-order chi connectivity index (χ1) is 10.1. The molecule has 1 fully saturated rings. The van der Waals surface area contributed by atoms with E-state index < -0.39 is 6.61 Å². The number of amides is 1. The van der Waals surface area contributed by atoms with Gasteiger partial charge in [-0.25, -0.2) is 0 Å². The Bertz CT molecular complexity index is 494. The van der Waals surface area contributed by atoms with Crippen molar-refractivity contribution in [1.29, 1.82) is 0 Å². The number of ether oxygens (including phenoxy) is 1. The lowest BCUT2D eigenvalue weighted by Crippen LogP contribution is -2.40. The van der Waals surface area contributed by atoms with Gasteiger partial charge in [-0.1, -0.05) is 12.1 Å². The maximum absolute atomic E-state index is 12.4. The fourth-order valence-corrected chi connectivity index (χ4v) is 3.11. The standard InChI is InChI=1S/C14H18F2N2O2S/c1-9-3-2-4-11(20-14(15)16)13(9)18-12(19)7-10-8-21-6-5-17-10/h2-4,10,14,17H,5-8H2,1H3,(H,18,19). The molecule has 2 rings (SSSR count). The SMILES string of the molecule is Cc1cccc(OC(F)F)c1NC(=O)CC1CSCCN1. The molecule has 1 aliphatic rings. The molecule has 1 amide bonds. The number of carbonyl (C=O) groups excluding carboxylic acids is 1. The summed E-state index contributed by atoms with van der Waals surface area (Å²) in [4.78, 5) is 12.1. The molecule has 1 unspecified atom stereocenters. The second-order valence-electron chi connectivity index (χ2n) is 4.80. The summed E-state index contributed by atoms with van der Waals surface area (Å²) in [6.07, 6.45) is 0.315. The summed E-state index contributed by atoms with van der Waals surface area (Å²) in [5.74, 6) is 1.71. The van der Waals surface area contributed by atoms with Crippen LogP contribution in [0, 0.1) is 6.92 Å². The summed E-state index contributed by atoms with van der Waals surface area (Å²) in [5.41, 5.74) is 0.999. The number of alkyl halides is 2. The van der Waals surface area contributed by atoms with Crippen LogP contribution >= 0.6 is 11.8 Å². The number of rotatable bonds is 5. The van der Waals surface area contributed by atoms with Crippen molar-refractivity contribution in [3.63, 3.8) is 0 Å². The third-order valence-electron chi connectivity index (χ3n) is 3.15. The van der Waals surface area contributed by atoms with Gasteiger partial charge >= 0.3 is 6.61 Å². The third-order valence-corrected chi connectivity index (χ3v) is 4.28. The zero-order chi connectivity index (χ0) is 15.2. The average Bonchev–Trinajstić information content (AvgIpc) is 2.43. The van der Waals surface area contributed by atoms with Crippen LogP contribution < -0.4 is 15.4 Å². The van der Waals surface area contributed by atoms with Crippen LogP contribution in [0.2, 0.25) is 0 Å². The highest BCUT2D eigenvalue weighted by atomic mass is 32.2. The van der Waals surface area contributed by atoms with Gasteiger partial charge in [-0.15, -0.1) is 0 Å². The molecule has 0 spiro atoms. The molecule has 1 saturated heterocycles. The number of hydrogen-bond donors (Lipinski definition) is 2. The zero-order valence-electron chi connectivity index (χ0n) is 11.7. The van der Waals surface area contributed by atoms with Crippen molar-refractivity contribution in [1.82, 2.24) is 5.32 Å². The highest BCUT2D eigenvalue weighted by molar-refractivity contribution is 7.99. The van der Waals surface area contributed by atoms with Gasteiger partial charge in [0.2, 0.25) is 5.91 Å². The van der Waals surface area contributed by atoms with E-state index in [0.717, 1.165) is 18.1 Å². The van der Waals surface area contributed by atoms with Crippen molar-refractivity contribution in [3.8, 4) is 5.75 Å². The lowest BCUT2D eigenvalue weighted by molar-refractivity contribution is -0.116. The Morgan fingerprint density at radius 3 is 3.05 bits per heavy atom. The normalized spacial score (nSPS) is 18.6. The van der Waals surface area contributed by atoms with Crippen molar-refractivity contribution >= 4 is 23.4 Å². The topological polar surface area (TPSA) is 50.4 Å². The largest absolute Gasteiger partial charge is 0.433 e. The number of nitrogens with one attached hydrogen (secondary N) is 2. The second-order valence-corrected chi connectivity index (χ2v) is 5.95. The molecule has 1 heterocycles. The molecule has 7 heteroatoms. The number of para-hydroxylation sites is 1. The number of hydrogen-bond acceptors (Lipinski definition) is 4. The number of halogens is 2. The van der Waals surface area contributed by atoms with E-state index in [1.807, 2.05) is 0 Å². The Morgan fingerprint density at radius 2 is 2.38 bits per heavy atom. The van der Waals surface area contributed by atoms with Gasteiger partial charge in [0.15, 0.2) is 0 Å². The quantitative estimate of drug-likeness (QED) is 0.877. The lowest BCUT2D eigenvalue weighted by Gasteiger charge is -2.23. The maximum atomic E-state index is 12.4. The smallest absolute Gasteiger partial charge is 0.387 e. The average molecular weight is 316 g/mol. The zero-order valence-corrected chi connectivity index (χ0v) is 12.5. The van der Waals surface area contributed by atoms with Crippen LogP contribution in [0.1, 0.15) is 12.0 Å². The first kappa shape index (κ1) is 16.0. The summed E-state index contributed by atoms with van der Waals surface area (Å²) in [5, 5.41) is 5.95. The number of thioether (sulfide) groups is 1. The van der Waals surface area contributed by atoms with Crippen LogP contribution in [0.3, 0.4) is 0 Å². The molecule has 0 aromatic heterocycles. The fraction of sp³-hybridized carbons (Fsp3) is 0.500. The highest BCUT2D eigenvalue weighted by Gasteiger charge is 2.19. The molecule has 1 atom stereocenters. The third kappa shape index (κ3) is 4.86. The van der Waals surface area contributed by atoms with Crippen molar-refractivity contribution in [2.24, 2.45) is 0 Å². The molecule has 0 aliphatic carbocycles. The minimum absolute atomic E-state index is 0.00988. The van der Waals surface area contributed by atoms with E-state index >= 15 is 0 Å². The van der Waals surface area contributed by atoms with Gasteiger partial charge in [0.05, 0.1) is 5.69 Å². The van der Waals surface area contributed by atoms with Gasteiger partial charge in [0.25, 0.3) is 0 Å². The molecule has 0 saturated carbocycles. The van der Waals surface area contributed by atoms with E-state index in [2.05, 4.69) is 15.4 Å². The first-order valence-electron chi connectivity index (χ1n) is 6.71. The summed E-state index contributed by atoms with van der Waals surface area (Å²) >= 11 is 1.80. The second kappa shape index (κ2) is 7.61. The molecule has 116 valence electrons. The minimum Gasteiger partial charge on any atom is -0.433 e. The Hall–Kier alpha value is -1.34. The first-order valence-corrected chi connectivity index (χ1v) is 7.87. The number of benzene rings is 1. The van der Waals surface area contributed by atoms with E-state index in [9.17, 15) is 13.6 Å². The Morgan fingerprint density at radius 1 is 1.57 bits per heavy atom. The van der Waals surface area contributed by atoms with Crippen LogP contribution in [0.5, 0.6) is 5.75 Å². The molecule has 1 aromatic rings. The van der Waals surface area contributed by atoms with E-state index in [4.69, 9.17) is 0 Å². The molecule has 4 nitrogen and oxygen atoms in total. The van der Waals surface area contributed by atoms with Crippen molar-refractivity contribution in [3.05, 3.63) is 23.8 Å². The summed E-state index contributed by atoms with van der Waals surface area (Å²) < 4.78 is 29.2. The van der Waals surface area contributed by atoms with Crippen molar-refractivity contribution in [2.75, 3.05) is 23.4 Å². The van der Waals surface area contributed by atoms with E-state index in [1.54, 1.807) is 30.8 Å². The molecule has 1 aromatic carbocycles. The molecule has 2 N–H and O–H groups in total. The van der Waals surface area contributed by atoms with E-state index in [0.29, 0.717) is 17.7 Å².